The fraction of sp³-hybridized carbons (Fsp3) is 0.462. The van der Waals surface area contributed by atoms with Crippen LogP contribution in [0.5, 0.6) is 0 Å². The molecule has 4 bridgehead atoms. The third kappa shape index (κ3) is 8.32. The van der Waals surface area contributed by atoms with Crippen molar-refractivity contribution in [2.24, 2.45) is 10.9 Å². The highest BCUT2D eigenvalue weighted by molar-refractivity contribution is 8.76. The third-order valence-corrected chi connectivity index (χ3v) is 10.3. The van der Waals surface area contributed by atoms with E-state index in [0.29, 0.717) is 16.5 Å². The maximum absolute atomic E-state index is 13.3. The van der Waals surface area contributed by atoms with E-state index in [9.17, 15) is 14.4 Å². The highest BCUT2D eigenvalue weighted by Gasteiger charge is 2.41. The van der Waals surface area contributed by atoms with Gasteiger partial charge in [0.15, 0.2) is 0 Å². The van der Waals surface area contributed by atoms with E-state index in [1.54, 1.807) is 40.8 Å². The first-order valence-corrected chi connectivity index (χ1v) is 16.7. The number of nitrogens with zero attached hydrogens (tertiary/aromatic N) is 3. The van der Waals surface area contributed by atoms with Crippen LogP contribution in [0.3, 0.4) is 0 Å². The van der Waals surface area contributed by atoms with Crippen molar-refractivity contribution in [2.75, 3.05) is 11.5 Å². The summed E-state index contributed by atoms with van der Waals surface area (Å²) in [6.07, 6.45) is 5.35. The molecule has 2 aliphatic heterocycles. The second-order valence-electron chi connectivity index (χ2n) is 9.55. The Labute approximate surface area is 244 Å². The number of aliphatic imine (C=N–C) groups is 1. The van der Waals surface area contributed by atoms with Gasteiger partial charge in [0.05, 0.1) is 13.0 Å². The molecule has 2 aromatic rings. The molecule has 0 fully saturated rings. The molecule has 0 radical (unpaired) electrons. The Kier molecular flexibility index (Phi) is 10.5. The number of allylic oxidation sites excluding steroid dienone is 1. The highest BCUT2D eigenvalue weighted by Crippen LogP contribution is 2.32. The van der Waals surface area contributed by atoms with Gasteiger partial charge < -0.3 is 15.4 Å². The van der Waals surface area contributed by atoms with Crippen molar-refractivity contribution in [3.8, 4) is 0 Å². The van der Waals surface area contributed by atoms with Crippen molar-refractivity contribution in [1.82, 2.24) is 20.6 Å². The largest absolute Gasteiger partial charge is 0.456 e. The van der Waals surface area contributed by atoms with E-state index in [1.165, 1.54) is 23.1 Å². The normalized spacial score (nSPS) is 24.4. The highest BCUT2D eigenvalue weighted by atomic mass is 33.1. The molecule has 2 aliphatic rings. The number of fused-ring (bicyclic) bond motifs is 4. The van der Waals surface area contributed by atoms with E-state index >= 15 is 0 Å². The maximum Gasteiger partial charge on any atom is 0.329 e. The molecule has 0 aliphatic carbocycles. The summed E-state index contributed by atoms with van der Waals surface area (Å²) in [7, 11) is 3.27. The predicted molar refractivity (Wildman–Crippen MR) is 159 cm³/mol. The summed E-state index contributed by atoms with van der Waals surface area (Å²) in [6, 6.07) is 4.91. The number of thioether (sulfide) groups is 1. The standard InChI is InChI=1S/C26H31N5O4S4/c1-16(2)22-24(33)35-17(8-5-7-11-38-39-20-9-4-6-10-27-20)12-19(32)28-13-21-29-18(14-36-21)23-31-26(3,15-37-23)25(34)30-22/h4-6,8-10,14,16-17,22H,7,11-13,15H2,1-3H3,(H,28,32)(H,30,34)/t17-,22+,26+/m1/s1. The third-order valence-electron chi connectivity index (χ3n) is 5.90. The van der Waals surface area contributed by atoms with Crippen molar-refractivity contribution < 1.29 is 19.1 Å². The van der Waals surface area contributed by atoms with Crippen molar-refractivity contribution >= 4 is 67.5 Å². The van der Waals surface area contributed by atoms with Gasteiger partial charge in [0.2, 0.25) is 11.8 Å². The zero-order valence-electron chi connectivity index (χ0n) is 21.9. The zero-order chi connectivity index (χ0) is 27.8. The molecule has 0 saturated heterocycles. The van der Waals surface area contributed by atoms with Crippen LogP contribution < -0.4 is 10.6 Å². The minimum absolute atomic E-state index is 0.0324. The van der Waals surface area contributed by atoms with Crippen LogP contribution in [0.4, 0.5) is 0 Å². The number of nitrogens with one attached hydrogen (secondary N) is 2. The number of hydrogen-bond acceptors (Lipinski definition) is 11. The number of pyridine rings is 1. The van der Waals surface area contributed by atoms with Gasteiger partial charge in [-0.1, -0.05) is 36.8 Å². The van der Waals surface area contributed by atoms with Crippen molar-refractivity contribution in [3.05, 3.63) is 52.6 Å². The van der Waals surface area contributed by atoms with Crippen LogP contribution in [0.25, 0.3) is 0 Å². The number of aromatic nitrogens is 2. The molecule has 2 amide bonds. The number of esters is 1. The van der Waals surface area contributed by atoms with E-state index < -0.39 is 23.7 Å². The van der Waals surface area contributed by atoms with Crippen molar-refractivity contribution in [1.29, 1.82) is 0 Å². The summed E-state index contributed by atoms with van der Waals surface area (Å²) >= 11 is 2.88. The first kappa shape index (κ1) is 29.6. The van der Waals surface area contributed by atoms with Crippen LogP contribution in [-0.2, 0) is 25.7 Å². The second kappa shape index (κ2) is 13.8. The van der Waals surface area contributed by atoms with Crippen LogP contribution >= 0.6 is 44.7 Å². The van der Waals surface area contributed by atoms with Crippen molar-refractivity contribution in [2.45, 2.75) is 62.9 Å². The molecule has 3 atom stereocenters. The number of rotatable bonds is 7. The Balaban J connectivity index is 1.46. The second-order valence-corrected chi connectivity index (χ2v) is 13.9. The molecule has 2 aromatic heterocycles. The van der Waals surface area contributed by atoms with Gasteiger partial charge in [-0.15, -0.1) is 23.1 Å². The topological polar surface area (TPSA) is 123 Å². The molecule has 39 heavy (non-hydrogen) atoms. The lowest BCUT2D eigenvalue weighted by molar-refractivity contribution is -0.153. The molecule has 9 nitrogen and oxygen atoms in total. The van der Waals surface area contributed by atoms with Crippen LogP contribution in [0.15, 0.2) is 51.9 Å². The summed E-state index contributed by atoms with van der Waals surface area (Å²) in [5.41, 5.74) is -0.329. The van der Waals surface area contributed by atoms with E-state index in [0.717, 1.165) is 22.2 Å². The number of thiazole rings is 1. The Morgan fingerprint density at radius 3 is 2.90 bits per heavy atom. The van der Waals surface area contributed by atoms with Crippen LogP contribution in [-0.4, -0.2) is 62.0 Å². The SMILES string of the molecule is CC(C)[C@@H]1NC(=O)[C@]2(C)CSC(=N2)c2csc(n2)CNC(=O)C[C@@H](C=CCCSSc2ccccn2)OC1=O. The molecule has 13 heteroatoms. The smallest absolute Gasteiger partial charge is 0.329 e. The molecular formula is C26H31N5O4S4. The zero-order valence-corrected chi connectivity index (χ0v) is 25.2. The number of hydrogen-bond donors (Lipinski definition) is 2. The summed E-state index contributed by atoms with van der Waals surface area (Å²) in [5.74, 6) is -0.127. The Morgan fingerprint density at radius 1 is 1.28 bits per heavy atom. The monoisotopic (exact) mass is 605 g/mol. The van der Waals surface area contributed by atoms with Gasteiger partial charge in [-0.05, 0) is 48.3 Å². The van der Waals surface area contributed by atoms with Gasteiger partial charge in [0.1, 0.15) is 38.5 Å². The van der Waals surface area contributed by atoms with Gasteiger partial charge in [0, 0.05) is 23.1 Å². The average Bonchev–Trinajstić information content (AvgIpc) is 3.55. The quantitative estimate of drug-likeness (QED) is 0.206. The summed E-state index contributed by atoms with van der Waals surface area (Å²) in [6.45, 7) is 5.71. The number of carbonyl (C=O) groups is 3. The molecule has 0 spiro atoms. The molecule has 2 N–H and O–H groups in total. The summed E-state index contributed by atoms with van der Waals surface area (Å²) in [5, 5.41) is 9.98. The minimum atomic E-state index is -1.02. The lowest BCUT2D eigenvalue weighted by Gasteiger charge is -2.27. The Morgan fingerprint density at radius 2 is 2.13 bits per heavy atom. The maximum atomic E-state index is 13.3. The van der Waals surface area contributed by atoms with Crippen molar-refractivity contribution in [3.63, 3.8) is 0 Å². The Bertz CT molecular complexity index is 1240. The van der Waals surface area contributed by atoms with Gasteiger partial charge in [-0.2, -0.15) is 0 Å². The number of ether oxygens (including phenoxy) is 1. The van der Waals surface area contributed by atoms with E-state index in [2.05, 4.69) is 25.6 Å². The van der Waals surface area contributed by atoms with E-state index in [1.807, 2.05) is 43.5 Å². The lowest BCUT2D eigenvalue weighted by atomic mass is 10.0. The van der Waals surface area contributed by atoms with Crippen LogP contribution in [0.2, 0.25) is 0 Å². The molecular weight excluding hydrogens is 575 g/mol. The molecule has 0 unspecified atom stereocenters. The van der Waals surface area contributed by atoms with Crippen LogP contribution in [0, 0.1) is 5.92 Å². The lowest BCUT2D eigenvalue weighted by Crippen LogP contribution is -2.53. The van der Waals surface area contributed by atoms with Gasteiger partial charge >= 0.3 is 5.97 Å². The summed E-state index contributed by atoms with van der Waals surface area (Å²) < 4.78 is 5.78. The minimum Gasteiger partial charge on any atom is -0.456 e. The van der Waals surface area contributed by atoms with E-state index in [4.69, 9.17) is 4.74 Å². The molecule has 0 aromatic carbocycles. The molecule has 0 saturated carbocycles. The molecule has 4 rings (SSSR count). The first-order chi connectivity index (χ1) is 18.7. The Hall–Kier alpha value is -2.35. The predicted octanol–water partition coefficient (Wildman–Crippen LogP) is 4.25. The number of amides is 2. The summed E-state index contributed by atoms with van der Waals surface area (Å²) in [4.78, 5) is 52.8. The number of cyclic esters (lactones) is 1. The fourth-order valence-corrected chi connectivity index (χ4v) is 7.49. The van der Waals surface area contributed by atoms with Gasteiger partial charge in [-0.25, -0.2) is 14.8 Å². The average molecular weight is 606 g/mol. The number of carbonyl (C=O) groups excluding carboxylic acids is 3. The molecule has 208 valence electrons. The van der Waals surface area contributed by atoms with Gasteiger partial charge in [-0.3, -0.25) is 14.6 Å². The fourth-order valence-electron chi connectivity index (χ4n) is 3.69. The molecule has 4 heterocycles. The van der Waals surface area contributed by atoms with Gasteiger partial charge in [0.25, 0.3) is 0 Å². The van der Waals surface area contributed by atoms with Crippen LogP contribution in [0.1, 0.15) is 44.3 Å². The first-order valence-electron chi connectivity index (χ1n) is 12.6. The van der Waals surface area contributed by atoms with E-state index in [-0.39, 0.29) is 30.7 Å².